The Bertz CT molecular complexity index is 110. The Morgan fingerprint density at radius 2 is 0.875 bits per heavy atom. The van der Waals surface area contributed by atoms with Gasteiger partial charge in [0.2, 0.25) is 0 Å². The van der Waals surface area contributed by atoms with Crippen molar-refractivity contribution in [3.8, 4) is 0 Å². The van der Waals surface area contributed by atoms with Gasteiger partial charge in [0.05, 0.1) is 0 Å². The summed E-state index contributed by atoms with van der Waals surface area (Å²) >= 11 is 0.380. The Hall–Kier alpha value is 2.10. The number of hydrazine groups is 1. The van der Waals surface area contributed by atoms with Crippen molar-refractivity contribution < 1.29 is 20.3 Å². The molecule has 0 saturated heterocycles. The summed E-state index contributed by atoms with van der Waals surface area (Å²) in [5, 5.41) is 4.00. The molecule has 0 bridgehead atoms. The van der Waals surface area contributed by atoms with E-state index >= 15 is 0 Å². The zero-order valence-corrected chi connectivity index (χ0v) is 13.5. The van der Waals surface area contributed by atoms with Crippen molar-refractivity contribution in [1.82, 2.24) is 17.8 Å². The van der Waals surface area contributed by atoms with Gasteiger partial charge in [0.25, 0.3) is 0 Å². The van der Waals surface area contributed by atoms with Gasteiger partial charge >= 0.3 is 34.5 Å². The van der Waals surface area contributed by atoms with Crippen LogP contribution in [0.2, 0.25) is 0 Å². The molecule has 0 aliphatic carbocycles. The Balaban J connectivity index is -0.0000000290. The van der Waals surface area contributed by atoms with E-state index in [9.17, 15) is 0 Å². The molecule has 0 rings (SSSR count). The molecule has 0 unspecified atom stereocenters. The zero-order valence-electron chi connectivity index (χ0n) is 13.4. The van der Waals surface area contributed by atoms with E-state index < -0.39 is 0 Å². The van der Waals surface area contributed by atoms with Gasteiger partial charge in [0, 0.05) is 47.1 Å². The Kier molecular flexibility index (Phi) is 37.5. The number of rotatable bonds is 3. The molecule has 16 heavy (non-hydrogen) atoms. The van der Waals surface area contributed by atoms with Crippen LogP contribution >= 0.6 is 0 Å². The van der Waals surface area contributed by atoms with Crippen LogP contribution in [0, 0.1) is 0 Å². The summed E-state index contributed by atoms with van der Waals surface area (Å²) in [6, 6.07) is 0. The van der Waals surface area contributed by atoms with Crippen LogP contribution in [0.5, 0.6) is 0 Å². The summed E-state index contributed by atoms with van der Waals surface area (Å²) in [7, 11) is 16.4. The van der Waals surface area contributed by atoms with E-state index in [1.165, 1.54) is 0 Å². The van der Waals surface area contributed by atoms with Crippen molar-refractivity contribution in [2.24, 2.45) is 0 Å². The molecular weight excluding hydrogens is 220 g/mol. The van der Waals surface area contributed by atoms with Crippen LogP contribution in [-0.2, 0) is 0 Å². The first-order valence-corrected chi connectivity index (χ1v) is 5.33. The molecule has 0 atom stereocenters. The van der Waals surface area contributed by atoms with E-state index in [-0.39, 0.29) is 56.5 Å². The quantitative estimate of drug-likeness (QED) is 0.367. The molecule has 0 spiro atoms. The average molecular weight is 248 g/mol. The summed E-state index contributed by atoms with van der Waals surface area (Å²) in [5.74, 6) is 0. The van der Waals surface area contributed by atoms with Crippen LogP contribution < -0.4 is 18.9 Å². The van der Waals surface area contributed by atoms with Crippen molar-refractivity contribution in [1.29, 1.82) is 0 Å². The third kappa shape index (κ3) is 36.0. The molecule has 0 saturated carbocycles. The van der Waals surface area contributed by atoms with Crippen molar-refractivity contribution in [2.75, 3.05) is 56.4 Å². The minimum atomic E-state index is 0. The maximum Gasteiger partial charge on any atom is 1.00 e. The van der Waals surface area contributed by atoms with Gasteiger partial charge in [-0.3, -0.25) is 0 Å². The van der Waals surface area contributed by atoms with Gasteiger partial charge < -0.3 is 9.19 Å². The predicted molar refractivity (Wildman–Crippen MR) is 77.3 cm³/mol. The smallest absolute Gasteiger partial charge is 1.00 e. The van der Waals surface area contributed by atoms with Gasteiger partial charge in [-0.05, 0) is 28.2 Å². The van der Waals surface area contributed by atoms with Gasteiger partial charge in [0.15, 0.2) is 17.4 Å². The van der Waals surface area contributed by atoms with E-state index in [0.717, 1.165) is 0 Å². The summed E-state index contributed by atoms with van der Waals surface area (Å²) in [6.07, 6.45) is 0. The summed E-state index contributed by atoms with van der Waals surface area (Å²) < 4.78 is 4.42. The summed E-state index contributed by atoms with van der Waals surface area (Å²) in [5.41, 5.74) is 0. The predicted octanol–water partition coefficient (Wildman–Crippen LogP) is -4.78. The van der Waals surface area contributed by atoms with Crippen LogP contribution in [0.3, 0.4) is 0 Å². The molecule has 0 amide bonds. The fourth-order valence-corrected chi connectivity index (χ4v) is 1.39. The van der Waals surface area contributed by atoms with Crippen LogP contribution in [0.25, 0.3) is 0 Å². The monoisotopic (exact) mass is 248 g/mol. The third-order valence-electron chi connectivity index (χ3n) is 1.26. The first-order chi connectivity index (χ1) is 5.77. The fraction of sp³-hybridized carbons (Fsp3) is 1.00. The van der Waals surface area contributed by atoms with Crippen LogP contribution in [0.15, 0.2) is 0 Å². The van der Waals surface area contributed by atoms with Crippen LogP contribution in [0.1, 0.15) is 1.43 Å². The van der Waals surface area contributed by atoms with Crippen LogP contribution in [0.4, 0.5) is 0 Å². The van der Waals surface area contributed by atoms with E-state index in [0.29, 0.717) is 15.7 Å². The number of hydrogen-bond acceptors (Lipinski definition) is 4. The number of hydrogen-bond donors (Lipinski definition) is 0. The second-order valence-corrected chi connectivity index (χ2v) is 6.03. The standard InChI is InChI=1S/C4H12N2.2C2H6N.2Al.2Li.4H/c1-5(2)6(3)4;2*1-3-2;;;;;;;;/h1-4H3;2*1-2H3;;;;;;;;/q;2*-1;;+2;;+1;;;;-1. The summed E-state index contributed by atoms with van der Waals surface area (Å²) in [6.45, 7) is 0. The SMILES string of the molecule is CN(C)N(C)C.C[N](C)[Al][N](C)C.[AlH3].[H-].[Li+].[Li]. The minimum Gasteiger partial charge on any atom is -1.00 e. The molecule has 4 nitrogen and oxygen atoms in total. The minimum absolute atomic E-state index is 0. The molecule has 88 valence electrons. The maximum absolute atomic E-state index is 2.21. The molecule has 0 N–H and O–H groups in total. The third-order valence-corrected chi connectivity index (χ3v) is 2.19. The van der Waals surface area contributed by atoms with E-state index in [2.05, 4.69) is 36.0 Å². The van der Waals surface area contributed by atoms with E-state index in [4.69, 9.17) is 0 Å². The first-order valence-electron chi connectivity index (χ1n) is 4.29. The molecule has 0 aromatic carbocycles. The molecule has 0 aliphatic rings. The van der Waals surface area contributed by atoms with Crippen molar-refractivity contribution in [3.05, 3.63) is 0 Å². The van der Waals surface area contributed by atoms with Crippen molar-refractivity contribution in [3.63, 3.8) is 0 Å². The molecule has 0 fully saturated rings. The van der Waals surface area contributed by atoms with Gasteiger partial charge in [-0.2, -0.15) is 0 Å². The first kappa shape index (κ1) is 30.8. The van der Waals surface area contributed by atoms with Crippen LogP contribution in [-0.4, -0.2) is 126 Å². The second kappa shape index (κ2) is 19.4. The average Bonchev–Trinajstić information content (AvgIpc) is 1.84. The van der Waals surface area contributed by atoms with Gasteiger partial charge in [-0.25, -0.2) is 10.0 Å². The normalized spacial score (nSPS) is 8.75. The molecule has 0 aromatic rings. The topological polar surface area (TPSA) is 13.0 Å². The Morgan fingerprint density at radius 1 is 0.688 bits per heavy atom. The molecule has 0 aromatic heterocycles. The fourth-order valence-electron chi connectivity index (χ4n) is 0.462. The molecule has 0 aliphatic heterocycles. The van der Waals surface area contributed by atoms with Gasteiger partial charge in [-0.1, -0.05) is 0 Å². The van der Waals surface area contributed by atoms with Crippen molar-refractivity contribution in [2.45, 2.75) is 0 Å². The number of nitrogens with zero attached hydrogens (tertiary/aromatic N) is 4. The Morgan fingerprint density at radius 3 is 0.875 bits per heavy atom. The molecule has 0 heterocycles. The Labute approximate surface area is 145 Å². The maximum atomic E-state index is 2.21. The largest absolute Gasteiger partial charge is 1.00 e. The summed E-state index contributed by atoms with van der Waals surface area (Å²) in [4.78, 5) is 0. The second-order valence-electron chi connectivity index (χ2n) is 3.74. The molecule has 8 heteroatoms. The van der Waals surface area contributed by atoms with Gasteiger partial charge in [0.1, 0.15) is 0 Å². The van der Waals surface area contributed by atoms with Gasteiger partial charge in [-0.15, -0.1) is 0 Å². The van der Waals surface area contributed by atoms with E-state index in [1.54, 1.807) is 0 Å². The molecule has 2 radical (unpaired) electrons. The zero-order chi connectivity index (χ0) is 11.0. The van der Waals surface area contributed by atoms with Crippen molar-refractivity contribution >= 4 is 51.9 Å². The molecular formula is C8H28Al2Li2N4. The van der Waals surface area contributed by atoms with E-state index in [1.807, 2.05) is 38.2 Å².